The van der Waals surface area contributed by atoms with Crippen molar-refractivity contribution in [3.05, 3.63) is 34.4 Å². The van der Waals surface area contributed by atoms with Crippen molar-refractivity contribution in [3.63, 3.8) is 0 Å². The van der Waals surface area contributed by atoms with Crippen LogP contribution in [0.5, 0.6) is 0 Å². The van der Waals surface area contributed by atoms with Crippen LogP contribution in [0.25, 0.3) is 0 Å². The summed E-state index contributed by atoms with van der Waals surface area (Å²) in [4.78, 5) is 34.0. The van der Waals surface area contributed by atoms with Crippen molar-refractivity contribution in [2.75, 3.05) is 6.61 Å². The first-order valence-electron chi connectivity index (χ1n) is 5.24. The second-order valence-corrected chi connectivity index (χ2v) is 3.89. The van der Waals surface area contributed by atoms with E-state index in [-0.39, 0.29) is 6.61 Å². The lowest BCUT2D eigenvalue weighted by Crippen LogP contribution is -2.20. The van der Waals surface area contributed by atoms with Crippen LogP contribution in [0.1, 0.15) is 23.7 Å². The van der Waals surface area contributed by atoms with E-state index in [1.807, 2.05) is 0 Å². The molecular weight excluding hydrogens is 282 g/mol. The van der Waals surface area contributed by atoms with Gasteiger partial charge in [-0.2, -0.15) is 0 Å². The van der Waals surface area contributed by atoms with E-state index in [0.717, 1.165) is 0 Å². The summed E-state index contributed by atoms with van der Waals surface area (Å²) in [5, 5.41) is -0.492. The minimum absolute atomic E-state index is 0.0526. The molecule has 0 saturated carbocycles. The third kappa shape index (κ3) is 3.82. The molecule has 0 bridgehead atoms. The van der Waals surface area contributed by atoms with Gasteiger partial charge in [0.1, 0.15) is 18.1 Å². The van der Waals surface area contributed by atoms with E-state index in [0.29, 0.717) is 12.1 Å². The molecule has 0 amide bonds. The van der Waals surface area contributed by atoms with E-state index in [9.17, 15) is 23.2 Å². The molecule has 4 nitrogen and oxygen atoms in total. The molecule has 0 N–H and O–H groups in total. The summed E-state index contributed by atoms with van der Waals surface area (Å²) < 4.78 is 30.7. The molecule has 1 aromatic carbocycles. The maximum Gasteiger partial charge on any atom is 0.313 e. The first-order valence-corrected chi connectivity index (χ1v) is 5.62. The van der Waals surface area contributed by atoms with Crippen molar-refractivity contribution >= 4 is 29.1 Å². The predicted octanol–water partition coefficient (Wildman–Crippen LogP) is 2.32. The highest BCUT2D eigenvalue weighted by Gasteiger charge is 2.24. The molecule has 19 heavy (non-hydrogen) atoms. The van der Waals surface area contributed by atoms with Crippen LogP contribution >= 0.6 is 11.6 Å². The van der Waals surface area contributed by atoms with Gasteiger partial charge in [-0.05, 0) is 13.0 Å². The minimum atomic E-state index is -1.26. The molecule has 102 valence electrons. The number of carbonyl (C=O) groups excluding carboxylic acids is 3. The van der Waals surface area contributed by atoms with Gasteiger partial charge in [-0.3, -0.25) is 14.4 Å². The van der Waals surface area contributed by atoms with Crippen LogP contribution < -0.4 is 0 Å². The third-order valence-electron chi connectivity index (χ3n) is 2.12. The van der Waals surface area contributed by atoms with Crippen molar-refractivity contribution < 1.29 is 27.9 Å². The smallest absolute Gasteiger partial charge is 0.313 e. The van der Waals surface area contributed by atoms with Crippen LogP contribution in [-0.4, -0.2) is 24.1 Å². The SMILES string of the molecule is CCOC(=O)CC(=O)C(=O)c1cc(Cl)c(F)cc1F. The number of ketones is 2. The highest BCUT2D eigenvalue weighted by Crippen LogP contribution is 2.20. The molecule has 0 atom stereocenters. The van der Waals surface area contributed by atoms with Crippen molar-refractivity contribution in [1.29, 1.82) is 0 Å². The van der Waals surface area contributed by atoms with Gasteiger partial charge in [-0.15, -0.1) is 0 Å². The summed E-state index contributed by atoms with van der Waals surface area (Å²) in [6, 6.07) is 1.10. The number of rotatable bonds is 5. The van der Waals surface area contributed by atoms with E-state index in [1.165, 1.54) is 6.92 Å². The molecular formula is C12H9ClF2O4. The van der Waals surface area contributed by atoms with Gasteiger partial charge in [0.25, 0.3) is 0 Å². The largest absolute Gasteiger partial charge is 0.466 e. The van der Waals surface area contributed by atoms with Crippen LogP contribution in [0.3, 0.4) is 0 Å². The molecule has 0 aliphatic heterocycles. The Kier molecular flexibility index (Phi) is 5.11. The number of benzene rings is 1. The summed E-state index contributed by atoms with van der Waals surface area (Å²) in [7, 11) is 0. The Bertz CT molecular complexity index is 543. The fourth-order valence-corrected chi connectivity index (χ4v) is 1.43. The molecule has 0 saturated heterocycles. The van der Waals surface area contributed by atoms with Crippen LogP contribution in [0, 0.1) is 11.6 Å². The summed E-state index contributed by atoms with van der Waals surface area (Å²) in [5.74, 6) is -5.57. The average Bonchev–Trinajstić information content (AvgIpc) is 2.33. The first-order chi connectivity index (χ1) is 8.86. The molecule has 0 aliphatic carbocycles. The zero-order valence-electron chi connectivity index (χ0n) is 9.84. The summed E-state index contributed by atoms with van der Waals surface area (Å²) >= 11 is 5.39. The van der Waals surface area contributed by atoms with Crippen LogP contribution in [0.2, 0.25) is 5.02 Å². The first kappa shape index (κ1) is 15.2. The highest BCUT2D eigenvalue weighted by atomic mass is 35.5. The topological polar surface area (TPSA) is 60.4 Å². The van der Waals surface area contributed by atoms with Gasteiger partial charge in [-0.25, -0.2) is 8.78 Å². The molecule has 0 aromatic heterocycles. The fraction of sp³-hybridized carbons (Fsp3) is 0.250. The van der Waals surface area contributed by atoms with Crippen LogP contribution in [0.15, 0.2) is 12.1 Å². The molecule has 7 heteroatoms. The van der Waals surface area contributed by atoms with Gasteiger partial charge in [-0.1, -0.05) is 11.6 Å². The van der Waals surface area contributed by atoms with Gasteiger partial charge in [0, 0.05) is 6.07 Å². The Morgan fingerprint density at radius 2 is 1.84 bits per heavy atom. The number of hydrogen-bond donors (Lipinski definition) is 0. The Morgan fingerprint density at radius 3 is 2.42 bits per heavy atom. The van der Waals surface area contributed by atoms with Gasteiger partial charge in [0.05, 0.1) is 17.2 Å². The zero-order chi connectivity index (χ0) is 14.6. The van der Waals surface area contributed by atoms with E-state index in [4.69, 9.17) is 11.6 Å². The zero-order valence-corrected chi connectivity index (χ0v) is 10.6. The fourth-order valence-electron chi connectivity index (χ4n) is 1.27. The number of esters is 1. The monoisotopic (exact) mass is 290 g/mol. The molecule has 1 aromatic rings. The normalized spacial score (nSPS) is 10.1. The Hall–Kier alpha value is -1.82. The van der Waals surface area contributed by atoms with Gasteiger partial charge in [0.2, 0.25) is 11.6 Å². The second kappa shape index (κ2) is 6.38. The van der Waals surface area contributed by atoms with Gasteiger partial charge >= 0.3 is 5.97 Å². The maximum absolute atomic E-state index is 13.3. The van der Waals surface area contributed by atoms with E-state index >= 15 is 0 Å². The minimum Gasteiger partial charge on any atom is -0.466 e. The number of carbonyl (C=O) groups is 3. The van der Waals surface area contributed by atoms with Crippen molar-refractivity contribution in [1.82, 2.24) is 0 Å². The van der Waals surface area contributed by atoms with Crippen molar-refractivity contribution in [2.24, 2.45) is 0 Å². The molecule has 0 spiro atoms. The number of halogens is 3. The Morgan fingerprint density at radius 1 is 1.21 bits per heavy atom. The van der Waals surface area contributed by atoms with E-state index < -0.39 is 46.2 Å². The molecule has 0 heterocycles. The number of Topliss-reactive ketones (excluding diaryl/α,β-unsaturated/α-hetero) is 2. The van der Waals surface area contributed by atoms with E-state index in [2.05, 4.69) is 4.74 Å². The number of hydrogen-bond acceptors (Lipinski definition) is 4. The second-order valence-electron chi connectivity index (χ2n) is 3.48. The third-order valence-corrected chi connectivity index (χ3v) is 2.41. The summed E-state index contributed by atoms with van der Waals surface area (Å²) in [5.41, 5.74) is -0.680. The van der Waals surface area contributed by atoms with Crippen LogP contribution in [0.4, 0.5) is 8.78 Å². The lowest BCUT2D eigenvalue weighted by atomic mass is 10.0. The molecule has 0 unspecified atom stereocenters. The van der Waals surface area contributed by atoms with Gasteiger partial charge < -0.3 is 4.74 Å². The lowest BCUT2D eigenvalue weighted by molar-refractivity contribution is -0.144. The summed E-state index contributed by atoms with van der Waals surface area (Å²) in [6.45, 7) is 1.58. The molecule has 1 rings (SSSR count). The van der Waals surface area contributed by atoms with E-state index in [1.54, 1.807) is 0 Å². The quantitative estimate of drug-likeness (QED) is 0.274. The van der Waals surface area contributed by atoms with Gasteiger partial charge in [0.15, 0.2) is 0 Å². The maximum atomic E-state index is 13.3. The lowest BCUT2D eigenvalue weighted by Gasteiger charge is -2.04. The highest BCUT2D eigenvalue weighted by molar-refractivity contribution is 6.46. The number of ether oxygens (including phenoxy) is 1. The molecule has 0 aliphatic rings. The Labute approximate surface area is 112 Å². The average molecular weight is 291 g/mol. The van der Waals surface area contributed by atoms with Crippen LogP contribution in [-0.2, 0) is 14.3 Å². The van der Waals surface area contributed by atoms with Crippen molar-refractivity contribution in [2.45, 2.75) is 13.3 Å². The predicted molar refractivity (Wildman–Crippen MR) is 62.0 cm³/mol. The standard InChI is InChI=1S/C12H9ClF2O4/c1-2-19-11(17)5-10(16)12(18)6-3-7(13)9(15)4-8(6)14/h3-4H,2,5H2,1H3. The van der Waals surface area contributed by atoms with Crippen molar-refractivity contribution in [3.8, 4) is 0 Å². The molecule has 0 fully saturated rings. The summed E-state index contributed by atoms with van der Waals surface area (Å²) in [6.07, 6.45) is -0.804. The Balaban J connectivity index is 2.92. The molecule has 0 radical (unpaired) electrons.